The fraction of sp³-hybridized carbons (Fsp3) is 0.0833. The highest BCUT2D eigenvalue weighted by molar-refractivity contribution is 7.92. The van der Waals surface area contributed by atoms with Gasteiger partial charge in [-0.25, -0.2) is 8.42 Å². The van der Waals surface area contributed by atoms with Crippen molar-refractivity contribution in [1.82, 2.24) is 10.3 Å². The second-order valence-electron chi connectivity index (χ2n) is 4.41. The molecule has 9 nitrogen and oxygen atoms in total. The Morgan fingerprint density at radius 1 is 1.26 bits per heavy atom. The molecule has 0 spiro atoms. The van der Waals surface area contributed by atoms with Crippen molar-refractivity contribution < 1.29 is 22.3 Å². The summed E-state index contributed by atoms with van der Waals surface area (Å²) in [5.74, 6) is 0.379. The number of anilines is 2. The molecule has 0 atom stereocenters. The molecule has 3 aromatic rings. The average Bonchev–Trinajstić information content (AvgIpc) is 3.19. The van der Waals surface area contributed by atoms with Crippen molar-refractivity contribution in [2.75, 3.05) is 10.0 Å². The van der Waals surface area contributed by atoms with Crippen molar-refractivity contribution in [2.24, 2.45) is 0 Å². The van der Waals surface area contributed by atoms with Gasteiger partial charge in [0.05, 0.1) is 9.77 Å². The topological polar surface area (TPSA) is 127 Å². The van der Waals surface area contributed by atoms with E-state index in [1.165, 1.54) is 23.8 Å². The van der Waals surface area contributed by atoms with Crippen LogP contribution in [0.5, 0.6) is 0 Å². The fourth-order valence-electron chi connectivity index (χ4n) is 1.64. The maximum absolute atomic E-state index is 12.2. The summed E-state index contributed by atoms with van der Waals surface area (Å²) in [5.41, 5.74) is 0. The van der Waals surface area contributed by atoms with Crippen molar-refractivity contribution in [2.45, 2.75) is 11.8 Å². The van der Waals surface area contributed by atoms with E-state index in [0.29, 0.717) is 5.76 Å². The number of aryl methyl sites for hydroxylation is 1. The van der Waals surface area contributed by atoms with E-state index in [9.17, 15) is 13.2 Å². The molecule has 0 fully saturated rings. The van der Waals surface area contributed by atoms with Crippen molar-refractivity contribution in [3.8, 4) is 0 Å². The Labute approximate surface area is 134 Å². The minimum Gasteiger partial charge on any atom is -0.363 e. The van der Waals surface area contributed by atoms with E-state index in [4.69, 9.17) is 4.52 Å². The zero-order valence-corrected chi connectivity index (χ0v) is 13.3. The Kier molecular flexibility index (Phi) is 3.88. The maximum atomic E-state index is 12.2. The van der Waals surface area contributed by atoms with Crippen LogP contribution in [0.1, 0.15) is 15.4 Å². The van der Waals surface area contributed by atoms with Gasteiger partial charge in [0.1, 0.15) is 12.0 Å². The van der Waals surface area contributed by atoms with Gasteiger partial charge in [-0.05, 0) is 13.0 Å². The lowest BCUT2D eigenvalue weighted by atomic mass is 10.4. The minimum absolute atomic E-state index is 0.0491. The van der Waals surface area contributed by atoms with Crippen LogP contribution >= 0.6 is 11.3 Å². The standard InChI is InChI=1S/C12H10N4O5S2/c1-7-4-11(15-21-7)13-12(17)9-5-8(6-22-9)23(18,19)16-10-2-3-20-14-10/h2-6H,1H3,(H,14,16)(H,13,15,17). The number of nitrogens with zero attached hydrogens (tertiary/aromatic N) is 2. The summed E-state index contributed by atoms with van der Waals surface area (Å²) in [7, 11) is -3.84. The molecule has 120 valence electrons. The first-order valence-electron chi connectivity index (χ1n) is 6.20. The molecule has 0 aromatic carbocycles. The van der Waals surface area contributed by atoms with Crippen LogP contribution in [-0.2, 0) is 10.0 Å². The van der Waals surface area contributed by atoms with E-state index in [2.05, 4.69) is 24.9 Å². The van der Waals surface area contributed by atoms with Crippen LogP contribution in [0, 0.1) is 6.92 Å². The highest BCUT2D eigenvalue weighted by Crippen LogP contribution is 2.22. The quantitative estimate of drug-likeness (QED) is 0.718. The highest BCUT2D eigenvalue weighted by atomic mass is 32.2. The van der Waals surface area contributed by atoms with Gasteiger partial charge in [-0.2, -0.15) is 0 Å². The molecule has 0 aliphatic rings. The van der Waals surface area contributed by atoms with Crippen molar-refractivity contribution in [1.29, 1.82) is 0 Å². The third kappa shape index (κ3) is 3.40. The van der Waals surface area contributed by atoms with E-state index in [1.807, 2.05) is 0 Å². The van der Waals surface area contributed by atoms with Crippen molar-refractivity contribution >= 4 is 38.9 Å². The monoisotopic (exact) mass is 354 g/mol. The van der Waals surface area contributed by atoms with Gasteiger partial charge in [0.15, 0.2) is 11.6 Å². The zero-order valence-electron chi connectivity index (χ0n) is 11.6. The molecular formula is C12H10N4O5S2. The third-order valence-electron chi connectivity index (χ3n) is 2.66. The van der Waals surface area contributed by atoms with E-state index in [1.54, 1.807) is 13.0 Å². The Morgan fingerprint density at radius 2 is 2.09 bits per heavy atom. The Hall–Kier alpha value is -2.66. The predicted molar refractivity (Wildman–Crippen MR) is 80.8 cm³/mol. The predicted octanol–water partition coefficient (Wildman–Crippen LogP) is 2.09. The molecule has 3 aromatic heterocycles. The number of carbonyl (C=O) groups is 1. The van der Waals surface area contributed by atoms with Crippen LogP contribution in [0.3, 0.4) is 0 Å². The Morgan fingerprint density at radius 3 is 2.74 bits per heavy atom. The van der Waals surface area contributed by atoms with Crippen molar-refractivity contribution in [3.63, 3.8) is 0 Å². The number of rotatable bonds is 5. The number of thiophene rings is 1. The van der Waals surface area contributed by atoms with Crippen LogP contribution in [0.4, 0.5) is 11.6 Å². The van der Waals surface area contributed by atoms with Crippen LogP contribution in [-0.4, -0.2) is 24.6 Å². The second kappa shape index (κ2) is 5.85. The van der Waals surface area contributed by atoms with Gasteiger partial charge in [-0.1, -0.05) is 10.3 Å². The van der Waals surface area contributed by atoms with Gasteiger partial charge in [0, 0.05) is 17.5 Å². The number of aromatic nitrogens is 2. The summed E-state index contributed by atoms with van der Waals surface area (Å²) in [4.78, 5) is 12.2. The first-order chi connectivity index (χ1) is 10.9. The van der Waals surface area contributed by atoms with Gasteiger partial charge >= 0.3 is 0 Å². The molecule has 0 radical (unpaired) electrons. The summed E-state index contributed by atoms with van der Waals surface area (Å²) < 4.78 is 35.9. The number of hydrogen-bond donors (Lipinski definition) is 2. The Balaban J connectivity index is 1.75. The summed E-state index contributed by atoms with van der Waals surface area (Å²) in [6.45, 7) is 1.69. The van der Waals surface area contributed by atoms with Crippen LogP contribution in [0.15, 0.2) is 43.8 Å². The molecule has 11 heteroatoms. The molecule has 0 saturated carbocycles. The highest BCUT2D eigenvalue weighted by Gasteiger charge is 2.20. The smallest absolute Gasteiger partial charge is 0.267 e. The van der Waals surface area contributed by atoms with Gasteiger partial charge in [0.2, 0.25) is 0 Å². The van der Waals surface area contributed by atoms with Crippen LogP contribution < -0.4 is 10.0 Å². The molecule has 23 heavy (non-hydrogen) atoms. The van der Waals surface area contributed by atoms with Crippen molar-refractivity contribution in [3.05, 3.63) is 40.5 Å². The van der Waals surface area contributed by atoms with Crippen LogP contribution in [0.25, 0.3) is 0 Å². The maximum Gasteiger partial charge on any atom is 0.267 e. The molecule has 3 heterocycles. The molecule has 0 saturated heterocycles. The Bertz CT molecular complexity index is 926. The lowest BCUT2D eigenvalue weighted by Crippen LogP contribution is -2.13. The zero-order chi connectivity index (χ0) is 16.4. The average molecular weight is 354 g/mol. The molecule has 0 bridgehead atoms. The van der Waals surface area contributed by atoms with E-state index >= 15 is 0 Å². The van der Waals surface area contributed by atoms with Gasteiger partial charge in [0.25, 0.3) is 15.9 Å². The number of sulfonamides is 1. The first kappa shape index (κ1) is 15.2. The number of carbonyl (C=O) groups excluding carboxylic acids is 1. The van der Waals surface area contributed by atoms with E-state index in [-0.39, 0.29) is 21.4 Å². The summed E-state index contributed by atoms with van der Waals surface area (Å²) in [5, 5.41) is 11.0. The van der Waals surface area contributed by atoms with Gasteiger partial charge in [-0.3, -0.25) is 9.52 Å². The number of hydrogen-bond acceptors (Lipinski definition) is 8. The van der Waals surface area contributed by atoms with Gasteiger partial charge < -0.3 is 14.4 Å². The SMILES string of the molecule is Cc1cc(NC(=O)c2cc(S(=O)(=O)Nc3ccon3)cs2)no1. The molecule has 2 N–H and O–H groups in total. The van der Waals surface area contributed by atoms with E-state index in [0.717, 1.165) is 11.3 Å². The second-order valence-corrected chi connectivity index (χ2v) is 7.01. The minimum atomic E-state index is -3.84. The largest absolute Gasteiger partial charge is 0.363 e. The molecule has 1 amide bonds. The fourth-order valence-corrected chi connectivity index (χ4v) is 3.81. The van der Waals surface area contributed by atoms with E-state index < -0.39 is 15.9 Å². The lowest BCUT2D eigenvalue weighted by Gasteiger charge is -2.01. The molecule has 0 aliphatic carbocycles. The molecule has 0 unspecified atom stereocenters. The van der Waals surface area contributed by atoms with Gasteiger partial charge in [-0.15, -0.1) is 11.3 Å². The number of amides is 1. The molecular weight excluding hydrogens is 344 g/mol. The molecule has 3 rings (SSSR count). The number of nitrogens with one attached hydrogen (secondary N) is 2. The molecule has 0 aliphatic heterocycles. The summed E-state index contributed by atoms with van der Waals surface area (Å²) in [6, 6.07) is 4.18. The first-order valence-corrected chi connectivity index (χ1v) is 8.57. The lowest BCUT2D eigenvalue weighted by molar-refractivity contribution is 0.102. The normalized spacial score (nSPS) is 11.3. The third-order valence-corrected chi connectivity index (χ3v) is 5.07. The van der Waals surface area contributed by atoms with Crippen LogP contribution in [0.2, 0.25) is 0 Å². The summed E-state index contributed by atoms with van der Waals surface area (Å²) in [6.07, 6.45) is 1.24. The summed E-state index contributed by atoms with van der Waals surface area (Å²) >= 11 is 0.990.